The first-order valence-electron chi connectivity index (χ1n) is 8.02. The summed E-state index contributed by atoms with van der Waals surface area (Å²) in [6.45, 7) is 16.1. The minimum atomic E-state index is 0.141. The standard InChI is InChI=1S/C16H31N5S/c1-7-17-15(19-10-11-20-16(4,5)6)18-9-8-14-21-12(2)13(3)22-14/h20H,7-11H2,1-6H3,(H2,17,18,19). The van der Waals surface area contributed by atoms with Crippen LogP contribution in [0.2, 0.25) is 0 Å². The molecule has 0 aromatic carbocycles. The number of aryl methyl sites for hydroxylation is 2. The van der Waals surface area contributed by atoms with Crippen molar-refractivity contribution >= 4 is 17.3 Å². The van der Waals surface area contributed by atoms with E-state index in [4.69, 9.17) is 0 Å². The van der Waals surface area contributed by atoms with E-state index in [2.05, 4.69) is 67.5 Å². The van der Waals surface area contributed by atoms with E-state index in [-0.39, 0.29) is 5.54 Å². The normalized spacial score (nSPS) is 12.5. The first-order chi connectivity index (χ1) is 10.3. The fourth-order valence-corrected chi connectivity index (χ4v) is 2.81. The Morgan fingerprint density at radius 1 is 1.18 bits per heavy atom. The van der Waals surface area contributed by atoms with Crippen molar-refractivity contribution in [2.75, 3.05) is 26.2 Å². The van der Waals surface area contributed by atoms with Crippen LogP contribution in [-0.4, -0.2) is 42.7 Å². The van der Waals surface area contributed by atoms with Crippen LogP contribution in [0, 0.1) is 13.8 Å². The largest absolute Gasteiger partial charge is 0.357 e. The quantitative estimate of drug-likeness (QED) is 0.409. The number of thiazole rings is 1. The third kappa shape index (κ3) is 7.75. The van der Waals surface area contributed by atoms with Gasteiger partial charge in [0.05, 0.1) is 17.2 Å². The summed E-state index contributed by atoms with van der Waals surface area (Å²) in [7, 11) is 0. The molecule has 0 saturated heterocycles. The van der Waals surface area contributed by atoms with Gasteiger partial charge in [0.25, 0.3) is 0 Å². The number of hydrogen-bond donors (Lipinski definition) is 3. The average molecular weight is 326 g/mol. The number of rotatable bonds is 7. The molecule has 0 spiro atoms. The molecule has 1 aromatic rings. The molecule has 3 N–H and O–H groups in total. The number of hydrogen-bond acceptors (Lipinski definition) is 4. The molecule has 5 nitrogen and oxygen atoms in total. The zero-order valence-electron chi connectivity index (χ0n) is 14.8. The van der Waals surface area contributed by atoms with Gasteiger partial charge in [0, 0.05) is 36.5 Å². The van der Waals surface area contributed by atoms with Crippen LogP contribution in [0.5, 0.6) is 0 Å². The van der Waals surface area contributed by atoms with Gasteiger partial charge in [-0.15, -0.1) is 11.3 Å². The van der Waals surface area contributed by atoms with E-state index in [1.807, 2.05) is 0 Å². The van der Waals surface area contributed by atoms with Crippen molar-refractivity contribution in [3.05, 3.63) is 15.6 Å². The molecule has 1 heterocycles. The van der Waals surface area contributed by atoms with E-state index in [0.717, 1.165) is 44.3 Å². The molecule has 0 bridgehead atoms. The van der Waals surface area contributed by atoms with Crippen LogP contribution >= 0.6 is 11.3 Å². The Bertz CT molecular complexity index is 454. The number of guanidine groups is 1. The highest BCUT2D eigenvalue weighted by atomic mass is 32.1. The molecule has 0 fully saturated rings. The van der Waals surface area contributed by atoms with Crippen LogP contribution in [0.25, 0.3) is 0 Å². The summed E-state index contributed by atoms with van der Waals surface area (Å²) in [6, 6.07) is 0. The summed E-state index contributed by atoms with van der Waals surface area (Å²) < 4.78 is 0. The maximum absolute atomic E-state index is 4.59. The lowest BCUT2D eigenvalue weighted by molar-refractivity contribution is 0.432. The Kier molecular flexibility index (Phi) is 7.82. The Hall–Kier alpha value is -1.14. The molecule has 22 heavy (non-hydrogen) atoms. The second kappa shape index (κ2) is 9.10. The van der Waals surface area contributed by atoms with E-state index < -0.39 is 0 Å². The topological polar surface area (TPSA) is 61.3 Å². The second-order valence-electron chi connectivity index (χ2n) is 6.36. The molecule has 0 amide bonds. The summed E-state index contributed by atoms with van der Waals surface area (Å²) in [5.74, 6) is 0.878. The van der Waals surface area contributed by atoms with Gasteiger partial charge < -0.3 is 16.0 Å². The Balaban J connectivity index is 2.36. The lowest BCUT2D eigenvalue weighted by Gasteiger charge is -2.19. The molecular weight excluding hydrogens is 294 g/mol. The third-order valence-electron chi connectivity index (χ3n) is 3.09. The first kappa shape index (κ1) is 18.9. The van der Waals surface area contributed by atoms with Crippen molar-refractivity contribution in [3.63, 3.8) is 0 Å². The first-order valence-corrected chi connectivity index (χ1v) is 8.83. The smallest absolute Gasteiger partial charge is 0.191 e. The highest BCUT2D eigenvalue weighted by molar-refractivity contribution is 7.11. The second-order valence-corrected chi connectivity index (χ2v) is 7.65. The van der Waals surface area contributed by atoms with Crippen LogP contribution in [0.15, 0.2) is 4.99 Å². The van der Waals surface area contributed by atoms with E-state index in [9.17, 15) is 0 Å². The number of aromatic nitrogens is 1. The summed E-state index contributed by atoms with van der Waals surface area (Å²) in [6.07, 6.45) is 0.935. The predicted molar refractivity (Wildman–Crippen MR) is 97.0 cm³/mol. The van der Waals surface area contributed by atoms with Gasteiger partial charge in [-0.25, -0.2) is 4.98 Å². The number of aliphatic imine (C=N–C) groups is 1. The summed E-state index contributed by atoms with van der Waals surface area (Å²) >= 11 is 1.78. The summed E-state index contributed by atoms with van der Waals surface area (Å²) in [4.78, 5) is 10.5. The maximum atomic E-state index is 4.59. The molecule has 0 aliphatic carbocycles. The van der Waals surface area contributed by atoms with Gasteiger partial charge in [-0.1, -0.05) is 0 Å². The van der Waals surface area contributed by atoms with Gasteiger partial charge in [-0.2, -0.15) is 0 Å². The molecule has 1 aromatic heterocycles. The van der Waals surface area contributed by atoms with Crippen molar-refractivity contribution in [3.8, 4) is 0 Å². The zero-order chi connectivity index (χ0) is 16.6. The van der Waals surface area contributed by atoms with Crippen LogP contribution < -0.4 is 16.0 Å². The number of nitrogens with zero attached hydrogens (tertiary/aromatic N) is 2. The van der Waals surface area contributed by atoms with Crippen LogP contribution in [0.1, 0.15) is 43.3 Å². The van der Waals surface area contributed by atoms with Crippen LogP contribution in [0.3, 0.4) is 0 Å². The van der Waals surface area contributed by atoms with Crippen molar-refractivity contribution in [1.29, 1.82) is 0 Å². The molecule has 0 aliphatic heterocycles. The van der Waals surface area contributed by atoms with E-state index in [0.29, 0.717) is 0 Å². The average Bonchev–Trinajstić information content (AvgIpc) is 2.72. The highest BCUT2D eigenvalue weighted by Crippen LogP contribution is 2.16. The van der Waals surface area contributed by atoms with Crippen molar-refractivity contribution < 1.29 is 0 Å². The third-order valence-corrected chi connectivity index (χ3v) is 4.22. The molecular formula is C16H31N5S. The highest BCUT2D eigenvalue weighted by Gasteiger charge is 2.07. The van der Waals surface area contributed by atoms with E-state index in [1.54, 1.807) is 11.3 Å². The molecule has 0 aliphatic rings. The van der Waals surface area contributed by atoms with Gasteiger partial charge in [0.2, 0.25) is 0 Å². The Labute approximate surface area is 139 Å². The number of nitrogens with one attached hydrogen (secondary N) is 3. The Morgan fingerprint density at radius 3 is 2.45 bits per heavy atom. The lowest BCUT2D eigenvalue weighted by Crippen LogP contribution is -2.40. The summed E-state index contributed by atoms with van der Waals surface area (Å²) in [5.41, 5.74) is 1.29. The van der Waals surface area contributed by atoms with Gasteiger partial charge in [-0.3, -0.25) is 4.99 Å². The minimum Gasteiger partial charge on any atom is -0.357 e. The monoisotopic (exact) mass is 325 g/mol. The van der Waals surface area contributed by atoms with Gasteiger partial charge in [0.15, 0.2) is 5.96 Å². The van der Waals surface area contributed by atoms with Gasteiger partial charge in [-0.05, 0) is 41.5 Å². The van der Waals surface area contributed by atoms with Crippen molar-refractivity contribution in [2.24, 2.45) is 4.99 Å². The van der Waals surface area contributed by atoms with E-state index in [1.165, 1.54) is 9.88 Å². The van der Waals surface area contributed by atoms with Gasteiger partial charge >= 0.3 is 0 Å². The maximum Gasteiger partial charge on any atom is 0.191 e. The minimum absolute atomic E-state index is 0.141. The fourth-order valence-electron chi connectivity index (χ4n) is 1.87. The lowest BCUT2D eigenvalue weighted by atomic mass is 10.1. The summed E-state index contributed by atoms with van der Waals surface area (Å²) in [5, 5.41) is 11.3. The van der Waals surface area contributed by atoms with Crippen molar-refractivity contribution in [2.45, 2.75) is 53.5 Å². The molecule has 0 saturated carbocycles. The molecule has 0 atom stereocenters. The SMILES string of the molecule is CCNC(=NCCNC(C)(C)C)NCCc1nc(C)c(C)s1. The molecule has 0 unspecified atom stereocenters. The van der Waals surface area contributed by atoms with Crippen LogP contribution in [-0.2, 0) is 6.42 Å². The zero-order valence-corrected chi connectivity index (χ0v) is 15.7. The van der Waals surface area contributed by atoms with E-state index >= 15 is 0 Å². The molecule has 6 heteroatoms. The predicted octanol–water partition coefficient (Wildman–Crippen LogP) is 2.25. The molecule has 1 rings (SSSR count). The Morgan fingerprint density at radius 2 is 1.91 bits per heavy atom. The fraction of sp³-hybridized carbons (Fsp3) is 0.750. The molecule has 126 valence electrons. The molecule has 0 radical (unpaired) electrons. The van der Waals surface area contributed by atoms with Crippen molar-refractivity contribution in [1.82, 2.24) is 20.9 Å². The van der Waals surface area contributed by atoms with Gasteiger partial charge in [0.1, 0.15) is 0 Å². The van der Waals surface area contributed by atoms with Crippen LogP contribution in [0.4, 0.5) is 0 Å².